The highest BCUT2D eigenvalue weighted by Gasteiger charge is 2.09. The highest BCUT2D eigenvalue weighted by Crippen LogP contribution is 2.21. The van der Waals surface area contributed by atoms with Gasteiger partial charge in [-0.05, 0) is 47.3 Å². The number of hydrogen-bond acceptors (Lipinski definition) is 5. The molecule has 1 amide bonds. The Hall–Kier alpha value is -4.00. The minimum absolute atomic E-state index is 0.138. The Kier molecular flexibility index (Phi) is 4.78. The third-order valence-corrected chi connectivity index (χ3v) is 4.71. The third kappa shape index (κ3) is 3.70. The summed E-state index contributed by atoms with van der Waals surface area (Å²) in [6.45, 7) is 0.363. The summed E-state index contributed by atoms with van der Waals surface area (Å²) < 4.78 is 1.61. The quantitative estimate of drug-likeness (QED) is 0.562. The molecule has 7 nitrogen and oxygen atoms in total. The van der Waals surface area contributed by atoms with E-state index in [9.17, 15) is 9.59 Å². The maximum Gasteiger partial charge on any atom is 0.260 e. The summed E-state index contributed by atoms with van der Waals surface area (Å²) in [4.78, 5) is 33.2. The highest BCUT2D eigenvalue weighted by molar-refractivity contribution is 5.94. The third-order valence-electron chi connectivity index (χ3n) is 4.71. The lowest BCUT2D eigenvalue weighted by Crippen LogP contribution is -2.21. The van der Waals surface area contributed by atoms with E-state index < -0.39 is 0 Å². The number of nitrogens with one attached hydrogen (secondary N) is 1. The van der Waals surface area contributed by atoms with E-state index >= 15 is 0 Å². The molecule has 7 heteroatoms. The van der Waals surface area contributed by atoms with E-state index in [0.717, 1.165) is 22.2 Å². The second kappa shape index (κ2) is 7.55. The van der Waals surface area contributed by atoms with Gasteiger partial charge in [-0.15, -0.1) is 0 Å². The van der Waals surface area contributed by atoms with Gasteiger partial charge in [-0.2, -0.15) is 0 Å². The molecule has 4 aromatic rings. The maximum atomic E-state index is 12.9. The van der Waals surface area contributed by atoms with E-state index in [1.807, 2.05) is 24.3 Å². The van der Waals surface area contributed by atoms with Crippen LogP contribution in [-0.4, -0.2) is 27.5 Å². The van der Waals surface area contributed by atoms with Gasteiger partial charge in [-0.1, -0.05) is 12.1 Å². The van der Waals surface area contributed by atoms with Gasteiger partial charge in [-0.3, -0.25) is 14.6 Å². The molecule has 3 N–H and O–H groups in total. The Morgan fingerprint density at radius 3 is 2.79 bits per heavy atom. The molecule has 0 saturated heterocycles. The van der Waals surface area contributed by atoms with Crippen LogP contribution in [0.1, 0.15) is 15.9 Å². The molecule has 4 rings (SSSR count). The molecule has 1 aromatic carbocycles. The maximum absolute atomic E-state index is 12.9. The van der Waals surface area contributed by atoms with Crippen LogP contribution in [0.4, 0.5) is 5.82 Å². The predicted octanol–water partition coefficient (Wildman–Crippen LogP) is 2.45. The largest absolute Gasteiger partial charge is 0.384 e. The summed E-state index contributed by atoms with van der Waals surface area (Å²) in [5.74, 6) is 0.255. The summed E-state index contributed by atoms with van der Waals surface area (Å²) in [5.41, 5.74) is 8.60. The van der Waals surface area contributed by atoms with Crippen molar-refractivity contribution in [3.63, 3.8) is 0 Å². The summed E-state index contributed by atoms with van der Waals surface area (Å²) in [5, 5.41) is 3.93. The topological polar surface area (TPSA) is 103 Å². The van der Waals surface area contributed by atoms with Crippen molar-refractivity contribution >= 4 is 22.5 Å². The van der Waals surface area contributed by atoms with Gasteiger partial charge in [-0.25, -0.2) is 4.98 Å². The van der Waals surface area contributed by atoms with Crippen molar-refractivity contribution in [1.29, 1.82) is 0 Å². The zero-order valence-corrected chi connectivity index (χ0v) is 15.8. The molecule has 0 fully saturated rings. The molecule has 0 bridgehead atoms. The first-order valence-electron chi connectivity index (χ1n) is 9.07. The Bertz CT molecular complexity index is 1280. The molecule has 0 atom stereocenters. The van der Waals surface area contributed by atoms with Crippen molar-refractivity contribution in [2.24, 2.45) is 0 Å². The Morgan fingerprint density at radius 1 is 1.14 bits per heavy atom. The zero-order chi connectivity index (χ0) is 20.4. The molecule has 0 saturated carbocycles. The Labute approximate surface area is 166 Å². The number of fused-ring (bicyclic) bond motifs is 1. The van der Waals surface area contributed by atoms with Gasteiger partial charge in [0.1, 0.15) is 5.82 Å². The first kappa shape index (κ1) is 18.4. The van der Waals surface area contributed by atoms with Crippen LogP contribution in [0.3, 0.4) is 0 Å². The van der Waals surface area contributed by atoms with Crippen LogP contribution < -0.4 is 16.6 Å². The van der Waals surface area contributed by atoms with E-state index in [0.29, 0.717) is 23.3 Å². The SMILES string of the molecule is CNC(=O)c1cccc(Cn2ccc3cc(-c4ccnc(N)c4)ncc3c2=O)c1. The molecule has 0 aliphatic rings. The van der Waals surface area contributed by atoms with E-state index in [2.05, 4.69) is 15.3 Å². The number of nitrogen functional groups attached to an aromatic ring is 1. The summed E-state index contributed by atoms with van der Waals surface area (Å²) >= 11 is 0. The van der Waals surface area contributed by atoms with E-state index in [4.69, 9.17) is 5.73 Å². The van der Waals surface area contributed by atoms with Gasteiger partial charge in [0.15, 0.2) is 0 Å². The molecule has 3 heterocycles. The van der Waals surface area contributed by atoms with Gasteiger partial charge in [0.2, 0.25) is 0 Å². The number of benzene rings is 1. The summed E-state index contributed by atoms with van der Waals surface area (Å²) in [6.07, 6.45) is 4.96. The van der Waals surface area contributed by atoms with Crippen LogP contribution in [-0.2, 0) is 6.54 Å². The van der Waals surface area contributed by atoms with Crippen molar-refractivity contribution in [1.82, 2.24) is 19.9 Å². The molecule has 144 valence electrons. The zero-order valence-electron chi connectivity index (χ0n) is 15.8. The normalized spacial score (nSPS) is 10.8. The van der Waals surface area contributed by atoms with Crippen LogP contribution in [0.5, 0.6) is 0 Å². The first-order valence-corrected chi connectivity index (χ1v) is 9.07. The van der Waals surface area contributed by atoms with E-state index in [-0.39, 0.29) is 11.5 Å². The lowest BCUT2D eigenvalue weighted by Gasteiger charge is -2.09. The van der Waals surface area contributed by atoms with Crippen LogP contribution in [0, 0.1) is 0 Å². The number of amides is 1. The second-order valence-electron chi connectivity index (χ2n) is 6.65. The van der Waals surface area contributed by atoms with Gasteiger partial charge >= 0.3 is 0 Å². The number of rotatable bonds is 4. The van der Waals surface area contributed by atoms with Gasteiger partial charge in [0, 0.05) is 36.8 Å². The van der Waals surface area contributed by atoms with Gasteiger partial charge in [0.25, 0.3) is 11.5 Å². The minimum Gasteiger partial charge on any atom is -0.384 e. The number of carbonyl (C=O) groups is 1. The smallest absolute Gasteiger partial charge is 0.260 e. The minimum atomic E-state index is -0.161. The average molecular weight is 385 g/mol. The molecular formula is C22H19N5O2. The van der Waals surface area contributed by atoms with E-state index in [1.54, 1.807) is 54.5 Å². The molecule has 3 aromatic heterocycles. The molecule has 0 aliphatic heterocycles. The van der Waals surface area contributed by atoms with E-state index in [1.165, 1.54) is 0 Å². The number of carbonyl (C=O) groups excluding carboxylic acids is 1. The molecule has 0 radical (unpaired) electrons. The number of hydrogen-bond donors (Lipinski definition) is 2. The predicted molar refractivity (Wildman–Crippen MR) is 113 cm³/mol. The summed E-state index contributed by atoms with van der Waals surface area (Å²) in [6, 6.07) is 14.5. The Morgan fingerprint density at radius 2 is 2.00 bits per heavy atom. The standard InChI is InChI=1S/C22H19N5O2/c1-24-21(28)17-4-2-3-14(9-17)13-27-8-6-15-10-19(26-12-18(15)22(27)29)16-5-7-25-20(23)11-16/h2-12H,13H2,1H3,(H2,23,25)(H,24,28). The fourth-order valence-electron chi connectivity index (χ4n) is 3.22. The molecule has 0 spiro atoms. The van der Waals surface area contributed by atoms with Gasteiger partial charge < -0.3 is 15.6 Å². The summed E-state index contributed by atoms with van der Waals surface area (Å²) in [7, 11) is 1.59. The fraction of sp³-hybridized carbons (Fsp3) is 0.0909. The van der Waals surface area contributed by atoms with Crippen LogP contribution in [0.15, 0.2) is 71.9 Å². The fourth-order valence-corrected chi connectivity index (χ4v) is 3.22. The number of nitrogens with two attached hydrogens (primary N) is 1. The van der Waals surface area contributed by atoms with Crippen LogP contribution in [0.25, 0.3) is 22.0 Å². The van der Waals surface area contributed by atoms with Crippen LogP contribution in [0.2, 0.25) is 0 Å². The van der Waals surface area contributed by atoms with Crippen molar-refractivity contribution in [3.8, 4) is 11.3 Å². The lowest BCUT2D eigenvalue weighted by atomic mass is 10.1. The molecule has 0 unspecified atom stereocenters. The van der Waals surface area contributed by atoms with Crippen LogP contribution >= 0.6 is 0 Å². The molecule has 0 aliphatic carbocycles. The number of anilines is 1. The highest BCUT2D eigenvalue weighted by atomic mass is 16.1. The monoisotopic (exact) mass is 385 g/mol. The lowest BCUT2D eigenvalue weighted by molar-refractivity contribution is 0.0963. The van der Waals surface area contributed by atoms with Crippen molar-refractivity contribution in [3.05, 3.63) is 88.6 Å². The van der Waals surface area contributed by atoms with Crippen molar-refractivity contribution in [2.75, 3.05) is 12.8 Å². The second-order valence-corrected chi connectivity index (χ2v) is 6.65. The van der Waals surface area contributed by atoms with Crippen molar-refractivity contribution < 1.29 is 4.79 Å². The number of pyridine rings is 3. The molecular weight excluding hydrogens is 366 g/mol. The van der Waals surface area contributed by atoms with Crippen molar-refractivity contribution in [2.45, 2.75) is 6.54 Å². The van der Waals surface area contributed by atoms with Gasteiger partial charge in [0.05, 0.1) is 17.6 Å². The number of nitrogens with zero attached hydrogens (tertiary/aromatic N) is 3. The Balaban J connectivity index is 1.69. The molecule has 29 heavy (non-hydrogen) atoms. The first-order chi connectivity index (χ1) is 14.0. The average Bonchev–Trinajstić information content (AvgIpc) is 2.75. The number of aromatic nitrogens is 3.